The lowest BCUT2D eigenvalue weighted by Crippen LogP contribution is -2.27. The molecule has 2 atom stereocenters. The first-order chi connectivity index (χ1) is 13.1. The maximum absolute atomic E-state index is 12.6. The van der Waals surface area contributed by atoms with Crippen molar-refractivity contribution in [2.45, 2.75) is 62.1 Å². The molecule has 2 heterocycles. The standard InChI is InChI=1S/C19H24N4O3S/c1-12(17(24)20-15-8-7-13-4-2-5-14(13)10-15)27-19-22-21-18(25)23(19)11-16-6-3-9-26-16/h7-8,10,12,16H,2-6,9,11H2,1H3,(H,20,24)(H,21,25)/t12-,16-/m0/s1. The third-order valence-electron chi connectivity index (χ3n) is 5.15. The molecule has 1 aliphatic heterocycles. The number of hydrogen-bond acceptors (Lipinski definition) is 5. The summed E-state index contributed by atoms with van der Waals surface area (Å²) in [5.74, 6) is -0.0999. The van der Waals surface area contributed by atoms with Gasteiger partial charge in [0.1, 0.15) is 0 Å². The predicted octanol–water partition coefficient (Wildman–Crippen LogP) is 2.36. The predicted molar refractivity (Wildman–Crippen MR) is 104 cm³/mol. The van der Waals surface area contributed by atoms with Crippen molar-refractivity contribution in [3.05, 3.63) is 39.8 Å². The Morgan fingerprint density at radius 1 is 1.41 bits per heavy atom. The highest BCUT2D eigenvalue weighted by Gasteiger charge is 2.23. The van der Waals surface area contributed by atoms with Gasteiger partial charge in [0.05, 0.1) is 17.9 Å². The Morgan fingerprint density at radius 3 is 3.07 bits per heavy atom. The number of aryl methyl sites for hydroxylation is 2. The second kappa shape index (κ2) is 7.90. The second-order valence-corrected chi connectivity index (χ2v) is 8.45. The lowest BCUT2D eigenvalue weighted by molar-refractivity contribution is -0.115. The van der Waals surface area contributed by atoms with Crippen molar-refractivity contribution in [3.63, 3.8) is 0 Å². The maximum atomic E-state index is 12.6. The van der Waals surface area contributed by atoms with E-state index in [4.69, 9.17) is 4.74 Å². The van der Waals surface area contributed by atoms with E-state index in [0.29, 0.717) is 11.7 Å². The maximum Gasteiger partial charge on any atom is 0.344 e. The Balaban J connectivity index is 1.40. The first-order valence-electron chi connectivity index (χ1n) is 9.46. The van der Waals surface area contributed by atoms with Crippen LogP contribution < -0.4 is 11.0 Å². The van der Waals surface area contributed by atoms with Crippen LogP contribution in [0.3, 0.4) is 0 Å². The van der Waals surface area contributed by atoms with Gasteiger partial charge in [-0.25, -0.2) is 9.89 Å². The molecule has 0 bridgehead atoms. The number of H-pyrrole nitrogens is 1. The summed E-state index contributed by atoms with van der Waals surface area (Å²) in [5, 5.41) is 9.69. The van der Waals surface area contributed by atoms with Crippen LogP contribution in [-0.2, 0) is 28.9 Å². The minimum Gasteiger partial charge on any atom is -0.376 e. The molecule has 4 rings (SSSR count). The van der Waals surface area contributed by atoms with E-state index < -0.39 is 0 Å². The zero-order valence-electron chi connectivity index (χ0n) is 15.4. The number of aromatic nitrogens is 3. The molecule has 0 spiro atoms. The van der Waals surface area contributed by atoms with Gasteiger partial charge in [0.15, 0.2) is 5.16 Å². The Bertz CT molecular complexity index is 885. The highest BCUT2D eigenvalue weighted by Crippen LogP contribution is 2.26. The minimum atomic E-state index is -0.378. The third-order valence-corrected chi connectivity index (χ3v) is 6.24. The average molecular weight is 388 g/mol. The SMILES string of the molecule is C[C@H](Sc1n[nH]c(=O)n1C[C@@H]1CCCO1)C(=O)Nc1ccc2c(c1)CCC2. The van der Waals surface area contributed by atoms with E-state index in [9.17, 15) is 9.59 Å². The van der Waals surface area contributed by atoms with Crippen LogP contribution in [0, 0.1) is 0 Å². The highest BCUT2D eigenvalue weighted by atomic mass is 32.2. The molecule has 0 saturated carbocycles. The van der Waals surface area contributed by atoms with E-state index >= 15 is 0 Å². The monoisotopic (exact) mass is 388 g/mol. The molecule has 2 aromatic rings. The number of fused-ring (bicyclic) bond motifs is 1. The smallest absolute Gasteiger partial charge is 0.344 e. The Hall–Kier alpha value is -2.06. The fourth-order valence-electron chi connectivity index (χ4n) is 3.65. The molecule has 8 heteroatoms. The summed E-state index contributed by atoms with van der Waals surface area (Å²) >= 11 is 1.28. The molecule has 2 aliphatic rings. The van der Waals surface area contributed by atoms with Crippen LogP contribution in [0.4, 0.5) is 5.69 Å². The molecule has 1 saturated heterocycles. The van der Waals surface area contributed by atoms with Crippen LogP contribution in [0.15, 0.2) is 28.2 Å². The summed E-state index contributed by atoms with van der Waals surface area (Å²) in [7, 11) is 0. The average Bonchev–Trinajstić information content (AvgIpc) is 3.39. The molecule has 1 fully saturated rings. The highest BCUT2D eigenvalue weighted by molar-refractivity contribution is 8.00. The first-order valence-corrected chi connectivity index (χ1v) is 10.3. The van der Waals surface area contributed by atoms with Gasteiger partial charge in [0, 0.05) is 12.3 Å². The van der Waals surface area contributed by atoms with Crippen molar-refractivity contribution in [1.82, 2.24) is 14.8 Å². The molecule has 144 valence electrons. The van der Waals surface area contributed by atoms with Crippen molar-refractivity contribution in [2.75, 3.05) is 11.9 Å². The van der Waals surface area contributed by atoms with Crippen molar-refractivity contribution in [1.29, 1.82) is 0 Å². The van der Waals surface area contributed by atoms with E-state index in [1.807, 2.05) is 13.0 Å². The molecule has 1 aromatic carbocycles. The molecule has 7 nitrogen and oxygen atoms in total. The molecule has 0 radical (unpaired) electrons. The van der Waals surface area contributed by atoms with Crippen molar-refractivity contribution in [2.24, 2.45) is 0 Å². The molecule has 27 heavy (non-hydrogen) atoms. The Morgan fingerprint density at radius 2 is 2.26 bits per heavy atom. The van der Waals surface area contributed by atoms with Crippen molar-refractivity contribution in [3.8, 4) is 0 Å². The molecule has 1 aliphatic carbocycles. The van der Waals surface area contributed by atoms with Gasteiger partial charge in [-0.15, -0.1) is 5.10 Å². The summed E-state index contributed by atoms with van der Waals surface area (Å²) in [4.78, 5) is 24.7. The number of rotatable bonds is 6. The second-order valence-electron chi connectivity index (χ2n) is 7.14. The number of aromatic amines is 1. The van der Waals surface area contributed by atoms with Gasteiger partial charge in [-0.2, -0.15) is 0 Å². The van der Waals surface area contributed by atoms with E-state index in [1.54, 1.807) is 4.57 Å². The van der Waals surface area contributed by atoms with Crippen LogP contribution in [0.1, 0.15) is 37.3 Å². The Labute approximate surface area is 161 Å². The van der Waals surface area contributed by atoms with Crippen LogP contribution >= 0.6 is 11.8 Å². The number of carbonyl (C=O) groups excluding carboxylic acids is 1. The summed E-state index contributed by atoms with van der Waals surface area (Å²) in [6.45, 7) is 3.03. The fourth-order valence-corrected chi connectivity index (χ4v) is 4.52. The quantitative estimate of drug-likeness (QED) is 0.742. The summed E-state index contributed by atoms with van der Waals surface area (Å²) in [6.07, 6.45) is 5.37. The minimum absolute atomic E-state index is 0.0372. The zero-order chi connectivity index (χ0) is 18.8. The number of hydrogen-bond donors (Lipinski definition) is 2. The number of carbonyl (C=O) groups is 1. The van der Waals surface area contributed by atoms with Gasteiger partial charge in [-0.1, -0.05) is 17.8 Å². The van der Waals surface area contributed by atoms with Crippen molar-refractivity contribution >= 4 is 23.4 Å². The molecular weight excluding hydrogens is 364 g/mol. The number of amides is 1. The third kappa shape index (κ3) is 4.11. The lowest BCUT2D eigenvalue weighted by Gasteiger charge is -2.14. The van der Waals surface area contributed by atoms with Gasteiger partial charge in [0.2, 0.25) is 5.91 Å². The fraction of sp³-hybridized carbons (Fsp3) is 0.526. The number of nitrogens with one attached hydrogen (secondary N) is 2. The van der Waals surface area contributed by atoms with Gasteiger partial charge >= 0.3 is 5.69 Å². The Kier molecular flexibility index (Phi) is 5.36. The normalized spacial score (nSPS) is 19.8. The van der Waals surface area contributed by atoms with E-state index in [2.05, 4.69) is 27.6 Å². The van der Waals surface area contributed by atoms with Crippen LogP contribution in [0.5, 0.6) is 0 Å². The zero-order valence-corrected chi connectivity index (χ0v) is 16.2. The van der Waals surface area contributed by atoms with Crippen LogP contribution in [-0.4, -0.2) is 38.6 Å². The lowest BCUT2D eigenvalue weighted by atomic mass is 10.1. The van der Waals surface area contributed by atoms with E-state index in [1.165, 1.54) is 29.3 Å². The number of nitrogens with zero attached hydrogens (tertiary/aromatic N) is 2. The van der Waals surface area contributed by atoms with E-state index in [-0.39, 0.29) is 23.0 Å². The molecule has 0 unspecified atom stereocenters. The van der Waals surface area contributed by atoms with Crippen LogP contribution in [0.25, 0.3) is 0 Å². The number of anilines is 1. The first kappa shape index (κ1) is 18.3. The van der Waals surface area contributed by atoms with Gasteiger partial charge in [-0.3, -0.25) is 9.36 Å². The molecular formula is C19H24N4O3S. The number of benzene rings is 1. The van der Waals surface area contributed by atoms with Gasteiger partial charge in [0.25, 0.3) is 0 Å². The molecule has 1 aromatic heterocycles. The van der Waals surface area contributed by atoms with Crippen molar-refractivity contribution < 1.29 is 9.53 Å². The summed E-state index contributed by atoms with van der Waals surface area (Å²) in [6, 6.07) is 6.13. The number of thioether (sulfide) groups is 1. The summed E-state index contributed by atoms with van der Waals surface area (Å²) in [5.41, 5.74) is 3.27. The topological polar surface area (TPSA) is 89.0 Å². The van der Waals surface area contributed by atoms with Crippen LogP contribution in [0.2, 0.25) is 0 Å². The largest absolute Gasteiger partial charge is 0.376 e. The molecule has 2 N–H and O–H groups in total. The van der Waals surface area contributed by atoms with Gasteiger partial charge in [-0.05, 0) is 62.3 Å². The van der Waals surface area contributed by atoms with Gasteiger partial charge < -0.3 is 10.1 Å². The van der Waals surface area contributed by atoms with E-state index in [0.717, 1.165) is 38.0 Å². The summed E-state index contributed by atoms with van der Waals surface area (Å²) < 4.78 is 7.18. The molecule has 1 amide bonds. The number of ether oxygens (including phenoxy) is 1.